The molecule has 2 aliphatic rings. The molecule has 1 aromatic carbocycles. The molecule has 2 fully saturated rings. The molecule has 218 valence electrons. The number of rotatable bonds is 8. The van der Waals surface area contributed by atoms with Crippen molar-refractivity contribution < 1.29 is 14.3 Å². The van der Waals surface area contributed by atoms with E-state index in [-0.39, 0.29) is 17.9 Å². The van der Waals surface area contributed by atoms with Crippen LogP contribution < -0.4 is 10.1 Å². The Balaban J connectivity index is 1.52. The number of fused-ring (bicyclic) bond motifs is 1. The summed E-state index contributed by atoms with van der Waals surface area (Å²) in [6.07, 6.45) is 8.48. The molecule has 1 atom stereocenters. The Bertz CT molecular complexity index is 1430. The van der Waals surface area contributed by atoms with Gasteiger partial charge in [0.2, 0.25) is 11.9 Å². The van der Waals surface area contributed by atoms with Crippen LogP contribution in [0.1, 0.15) is 66.8 Å². The molecule has 0 bridgehead atoms. The Morgan fingerprint density at radius 3 is 2.54 bits per heavy atom. The third kappa shape index (κ3) is 6.73. The van der Waals surface area contributed by atoms with Crippen molar-refractivity contribution in [3.63, 3.8) is 0 Å². The van der Waals surface area contributed by atoms with Crippen molar-refractivity contribution in [3.05, 3.63) is 58.4 Å². The van der Waals surface area contributed by atoms with Crippen LogP contribution in [0.2, 0.25) is 5.02 Å². The molecule has 0 unspecified atom stereocenters. The highest BCUT2D eigenvalue weighted by Gasteiger charge is 2.28. The van der Waals surface area contributed by atoms with Crippen LogP contribution in [0.4, 0.5) is 5.95 Å². The maximum atomic E-state index is 13.4. The number of imidazole rings is 1. The topological polar surface area (TPSA) is 92.6 Å². The first-order valence-corrected chi connectivity index (χ1v) is 15.0. The molecule has 0 radical (unpaired) electrons. The van der Waals surface area contributed by atoms with E-state index in [0.29, 0.717) is 53.0 Å². The van der Waals surface area contributed by atoms with Crippen molar-refractivity contribution in [2.75, 3.05) is 44.6 Å². The Morgan fingerprint density at radius 1 is 1.07 bits per heavy atom. The first-order valence-electron chi connectivity index (χ1n) is 14.6. The molecule has 3 aromatic rings. The van der Waals surface area contributed by atoms with Crippen molar-refractivity contribution >= 4 is 40.4 Å². The number of amides is 2. The summed E-state index contributed by atoms with van der Waals surface area (Å²) in [5.41, 5.74) is 3.41. The van der Waals surface area contributed by atoms with Crippen molar-refractivity contribution in [1.29, 1.82) is 0 Å². The van der Waals surface area contributed by atoms with E-state index in [1.54, 1.807) is 24.3 Å². The number of ether oxygens (including phenoxy) is 1. The number of nitrogens with one attached hydrogen (secondary N) is 1. The molecule has 10 heteroatoms. The largest absolute Gasteiger partial charge is 0.491 e. The Morgan fingerprint density at radius 2 is 1.80 bits per heavy atom. The summed E-state index contributed by atoms with van der Waals surface area (Å²) in [6.45, 7) is 10.3. The van der Waals surface area contributed by atoms with Gasteiger partial charge in [-0.3, -0.25) is 24.8 Å². The number of hydrogen-bond donors (Lipinski definition) is 1. The van der Waals surface area contributed by atoms with Gasteiger partial charge in [0.25, 0.3) is 5.91 Å². The maximum Gasteiger partial charge on any atom is 0.258 e. The van der Waals surface area contributed by atoms with E-state index in [1.165, 1.54) is 12.8 Å². The van der Waals surface area contributed by atoms with E-state index in [4.69, 9.17) is 21.3 Å². The van der Waals surface area contributed by atoms with Gasteiger partial charge in [0, 0.05) is 36.6 Å². The Labute approximate surface area is 246 Å². The zero-order valence-electron chi connectivity index (χ0n) is 24.2. The van der Waals surface area contributed by atoms with E-state index in [1.807, 2.05) is 42.4 Å². The second kappa shape index (κ2) is 13.0. The second-order valence-electron chi connectivity index (χ2n) is 11.0. The summed E-state index contributed by atoms with van der Waals surface area (Å²) >= 11 is 7.05. The van der Waals surface area contributed by atoms with Gasteiger partial charge >= 0.3 is 0 Å². The summed E-state index contributed by atoms with van der Waals surface area (Å²) in [5.74, 6) is 0.699. The molecule has 0 saturated carbocycles. The number of nitrogens with zero attached hydrogens (tertiary/aromatic N) is 5. The van der Waals surface area contributed by atoms with Crippen LogP contribution in [0.3, 0.4) is 0 Å². The number of benzene rings is 1. The normalized spacial score (nSPS) is 18.2. The summed E-state index contributed by atoms with van der Waals surface area (Å²) < 4.78 is 8.17. The number of pyridine rings is 1. The van der Waals surface area contributed by atoms with Crippen molar-refractivity contribution in [2.45, 2.75) is 58.9 Å². The Kier molecular flexibility index (Phi) is 9.25. The van der Waals surface area contributed by atoms with Gasteiger partial charge in [-0.1, -0.05) is 17.7 Å². The van der Waals surface area contributed by atoms with Crippen LogP contribution in [-0.2, 0) is 4.79 Å². The molecule has 2 aromatic heterocycles. The van der Waals surface area contributed by atoms with E-state index in [9.17, 15) is 9.59 Å². The third-order valence-corrected chi connectivity index (χ3v) is 8.19. The molecule has 2 amide bonds. The minimum Gasteiger partial charge on any atom is -0.491 e. The molecule has 4 heterocycles. The summed E-state index contributed by atoms with van der Waals surface area (Å²) in [7, 11) is 0. The van der Waals surface area contributed by atoms with Gasteiger partial charge in [-0.05, 0) is 96.3 Å². The molecule has 2 saturated heterocycles. The number of allylic oxidation sites excluding steroid dienone is 1. The maximum absolute atomic E-state index is 13.4. The van der Waals surface area contributed by atoms with Gasteiger partial charge in [0.1, 0.15) is 17.4 Å². The average Bonchev–Trinajstić information content (AvgIpc) is 3.51. The van der Waals surface area contributed by atoms with Crippen LogP contribution in [0.5, 0.6) is 5.75 Å². The molecule has 1 N–H and O–H groups in total. The molecule has 9 nitrogen and oxygen atoms in total. The number of carbonyl (C=O) groups is 2. The molecular weight excluding hydrogens is 540 g/mol. The molecule has 41 heavy (non-hydrogen) atoms. The lowest BCUT2D eigenvalue weighted by atomic mass is 10.1. The van der Waals surface area contributed by atoms with Crippen LogP contribution in [-0.4, -0.2) is 75.5 Å². The minimum atomic E-state index is -0.274. The number of anilines is 1. The predicted octanol–water partition coefficient (Wildman–Crippen LogP) is 5.56. The summed E-state index contributed by atoms with van der Waals surface area (Å²) in [5, 5.41) is 3.51. The first kappa shape index (κ1) is 29.1. The van der Waals surface area contributed by atoms with E-state index in [0.717, 1.165) is 50.3 Å². The van der Waals surface area contributed by atoms with E-state index < -0.39 is 0 Å². The van der Waals surface area contributed by atoms with Crippen LogP contribution in [0.15, 0.2) is 36.4 Å². The van der Waals surface area contributed by atoms with Crippen molar-refractivity contribution in [1.82, 2.24) is 24.3 Å². The first-order chi connectivity index (χ1) is 19.8. The standard InChI is InChI=1S/C31H39ClN6O3/c1-4-9-27(39)37-15-6-5-10-24(20-37)38-29-25(11-12-26(28(29)32)41-17-16-36-13-7-8-14-36)34-31(38)35-30(40)23-18-21(2)33-22(3)19-23/h4,9,11-12,18-19,24H,5-8,10,13-17,20H2,1-3H3,(H,34,35,40)/t24-/m1/s1. The number of aryl methyl sites for hydroxylation is 2. The molecule has 2 aliphatic heterocycles. The lowest BCUT2D eigenvalue weighted by Crippen LogP contribution is -2.34. The summed E-state index contributed by atoms with van der Waals surface area (Å²) in [4.78, 5) is 39.8. The zero-order valence-corrected chi connectivity index (χ0v) is 24.9. The van der Waals surface area contributed by atoms with Crippen LogP contribution >= 0.6 is 11.6 Å². The van der Waals surface area contributed by atoms with Crippen molar-refractivity contribution in [2.24, 2.45) is 0 Å². The highest BCUT2D eigenvalue weighted by Crippen LogP contribution is 2.38. The molecule has 0 spiro atoms. The highest BCUT2D eigenvalue weighted by molar-refractivity contribution is 6.36. The van der Waals surface area contributed by atoms with Crippen molar-refractivity contribution in [3.8, 4) is 5.75 Å². The van der Waals surface area contributed by atoms with Gasteiger partial charge in [-0.2, -0.15) is 0 Å². The van der Waals surface area contributed by atoms with E-state index in [2.05, 4.69) is 15.2 Å². The van der Waals surface area contributed by atoms with Gasteiger partial charge in [0.15, 0.2) is 0 Å². The molecule has 0 aliphatic carbocycles. The Hall–Kier alpha value is -3.43. The number of likely N-dealkylation sites (tertiary alicyclic amines) is 2. The fourth-order valence-corrected chi connectivity index (χ4v) is 6.20. The smallest absolute Gasteiger partial charge is 0.258 e. The van der Waals surface area contributed by atoms with Gasteiger partial charge in [0.05, 0.1) is 17.1 Å². The molecular formula is C31H39ClN6O3. The van der Waals surface area contributed by atoms with E-state index >= 15 is 0 Å². The lowest BCUT2D eigenvalue weighted by Gasteiger charge is -2.26. The third-order valence-electron chi connectivity index (χ3n) is 7.82. The van der Waals surface area contributed by atoms with Gasteiger partial charge in [-0.25, -0.2) is 4.98 Å². The monoisotopic (exact) mass is 578 g/mol. The average molecular weight is 579 g/mol. The fourth-order valence-electron chi connectivity index (χ4n) is 5.89. The quantitative estimate of drug-likeness (QED) is 0.352. The number of carbonyl (C=O) groups excluding carboxylic acids is 2. The van der Waals surface area contributed by atoms with Crippen LogP contribution in [0, 0.1) is 13.8 Å². The van der Waals surface area contributed by atoms with Crippen LogP contribution in [0.25, 0.3) is 11.0 Å². The second-order valence-corrected chi connectivity index (χ2v) is 11.4. The fraction of sp³-hybridized carbons (Fsp3) is 0.484. The minimum absolute atomic E-state index is 0.0193. The lowest BCUT2D eigenvalue weighted by molar-refractivity contribution is -0.126. The SMILES string of the molecule is CC=CC(=O)N1CCCC[C@@H](n2c(NC(=O)c3cc(C)nc(C)c3)nc3ccc(OCCN4CCCC4)c(Cl)c32)C1. The predicted molar refractivity (Wildman–Crippen MR) is 162 cm³/mol. The zero-order chi connectivity index (χ0) is 28.9. The van der Waals surface area contributed by atoms with Gasteiger partial charge in [-0.15, -0.1) is 0 Å². The molecule has 5 rings (SSSR count). The number of hydrogen-bond acceptors (Lipinski definition) is 6. The highest BCUT2D eigenvalue weighted by atomic mass is 35.5. The van der Waals surface area contributed by atoms with Gasteiger partial charge < -0.3 is 14.2 Å². The summed E-state index contributed by atoms with van der Waals surface area (Å²) in [6, 6.07) is 7.13. The number of aromatic nitrogens is 3. The number of halogens is 1.